The molecule has 1 aliphatic rings. The maximum absolute atomic E-state index is 11.4. The highest BCUT2D eigenvalue weighted by atomic mass is 16.5. The van der Waals surface area contributed by atoms with Gasteiger partial charge in [0.25, 0.3) is 5.91 Å². The molecular weight excluding hydrogens is 476 g/mol. The van der Waals surface area contributed by atoms with E-state index >= 15 is 0 Å². The van der Waals surface area contributed by atoms with E-state index in [4.69, 9.17) is 5.21 Å². The van der Waals surface area contributed by atoms with Gasteiger partial charge in [0, 0.05) is 54.9 Å². The fraction of sp³-hybridized carbons (Fsp3) is 0.226. The van der Waals surface area contributed by atoms with Gasteiger partial charge < -0.3 is 10.3 Å². The highest BCUT2D eigenvalue weighted by molar-refractivity contribution is 5.91. The molecule has 0 aliphatic heterocycles. The molecule has 1 atom stereocenters. The number of benzene rings is 3. The van der Waals surface area contributed by atoms with E-state index in [9.17, 15) is 9.59 Å². The first-order valence-corrected chi connectivity index (χ1v) is 12.9. The SMILES string of the molecule is CC(=O)Nc1ccc(CN(CCc2c[nH]c3ccccc23)[C@H]2CCc3cc(C=CC(=O)NO)ccc32)cc1. The second kappa shape index (κ2) is 11.5. The average molecular weight is 509 g/mol. The predicted octanol–water partition coefficient (Wildman–Crippen LogP) is 5.38. The summed E-state index contributed by atoms with van der Waals surface area (Å²) >= 11 is 0. The van der Waals surface area contributed by atoms with Gasteiger partial charge in [0.1, 0.15) is 0 Å². The zero-order valence-electron chi connectivity index (χ0n) is 21.4. The summed E-state index contributed by atoms with van der Waals surface area (Å²) in [6.07, 6.45) is 8.08. The van der Waals surface area contributed by atoms with Crippen molar-refractivity contribution in [2.75, 3.05) is 11.9 Å². The van der Waals surface area contributed by atoms with E-state index in [0.717, 1.165) is 49.1 Å². The summed E-state index contributed by atoms with van der Waals surface area (Å²) in [5.74, 6) is -0.622. The Morgan fingerprint density at radius 1 is 1.11 bits per heavy atom. The summed E-state index contributed by atoms with van der Waals surface area (Å²) in [6, 6.07) is 23.1. The van der Waals surface area contributed by atoms with E-state index in [2.05, 4.69) is 69.9 Å². The van der Waals surface area contributed by atoms with Crippen molar-refractivity contribution < 1.29 is 14.8 Å². The summed E-state index contributed by atoms with van der Waals surface area (Å²) in [7, 11) is 0. The van der Waals surface area contributed by atoms with Crippen LogP contribution in [0.25, 0.3) is 17.0 Å². The summed E-state index contributed by atoms with van der Waals surface area (Å²) in [5, 5.41) is 12.8. The Morgan fingerprint density at radius 3 is 2.71 bits per heavy atom. The second-order valence-electron chi connectivity index (χ2n) is 9.78. The lowest BCUT2D eigenvalue weighted by molar-refractivity contribution is -0.124. The minimum absolute atomic E-state index is 0.0770. The quantitative estimate of drug-likeness (QED) is 0.139. The lowest BCUT2D eigenvalue weighted by Gasteiger charge is -2.30. The minimum Gasteiger partial charge on any atom is -0.361 e. The van der Waals surface area contributed by atoms with Gasteiger partial charge in [-0.3, -0.25) is 19.7 Å². The van der Waals surface area contributed by atoms with Crippen LogP contribution in [0.15, 0.2) is 79.0 Å². The van der Waals surface area contributed by atoms with Gasteiger partial charge in [0.05, 0.1) is 0 Å². The van der Waals surface area contributed by atoms with Crippen LogP contribution in [0.1, 0.15) is 47.2 Å². The van der Waals surface area contributed by atoms with Crippen LogP contribution in [0.4, 0.5) is 5.69 Å². The van der Waals surface area contributed by atoms with Gasteiger partial charge in [-0.2, -0.15) is 0 Å². The molecule has 1 aromatic heterocycles. The van der Waals surface area contributed by atoms with Crippen molar-refractivity contribution in [3.05, 3.63) is 107 Å². The molecule has 3 aromatic carbocycles. The fourth-order valence-electron chi connectivity index (χ4n) is 5.39. The van der Waals surface area contributed by atoms with Gasteiger partial charge in [-0.1, -0.05) is 48.5 Å². The molecule has 4 N–H and O–H groups in total. The van der Waals surface area contributed by atoms with Crippen molar-refractivity contribution in [3.63, 3.8) is 0 Å². The topological polar surface area (TPSA) is 97.5 Å². The van der Waals surface area contributed by atoms with Crippen molar-refractivity contribution >= 4 is 34.5 Å². The normalized spacial score (nSPS) is 14.8. The molecule has 7 heteroatoms. The zero-order chi connectivity index (χ0) is 26.5. The first kappa shape index (κ1) is 25.4. The van der Waals surface area contributed by atoms with Crippen LogP contribution in [-0.2, 0) is 29.0 Å². The van der Waals surface area contributed by atoms with E-state index in [0.29, 0.717) is 0 Å². The Labute approximate surface area is 222 Å². The largest absolute Gasteiger partial charge is 0.361 e. The Hall–Kier alpha value is -4.20. The van der Waals surface area contributed by atoms with Crippen molar-refractivity contribution in [1.82, 2.24) is 15.4 Å². The van der Waals surface area contributed by atoms with Gasteiger partial charge in [-0.05, 0) is 71.4 Å². The van der Waals surface area contributed by atoms with Crippen molar-refractivity contribution in [2.24, 2.45) is 0 Å². The number of para-hydroxylation sites is 1. The third kappa shape index (κ3) is 5.85. The molecule has 0 fully saturated rings. The zero-order valence-corrected chi connectivity index (χ0v) is 21.4. The number of amides is 2. The standard InChI is InChI=1S/C31H32N4O3/c1-21(36)33-26-11-6-23(7-12-26)20-35(17-16-25-19-32-29-5-3-2-4-27(25)29)30-14-10-24-18-22(8-13-28(24)30)9-15-31(37)34-38/h2-9,11-13,15,18-19,30,32,38H,10,14,16-17,20H2,1H3,(H,33,36)(H,34,37)/t30-/m0/s1. The van der Waals surface area contributed by atoms with E-state index in [1.165, 1.54) is 40.6 Å². The summed E-state index contributed by atoms with van der Waals surface area (Å²) in [6.45, 7) is 3.21. The van der Waals surface area contributed by atoms with Crippen LogP contribution in [0, 0.1) is 0 Å². The van der Waals surface area contributed by atoms with E-state index in [-0.39, 0.29) is 11.9 Å². The number of hydroxylamine groups is 1. The molecule has 0 saturated heterocycles. The average Bonchev–Trinajstić information content (AvgIpc) is 3.54. The van der Waals surface area contributed by atoms with E-state index < -0.39 is 5.91 Å². The van der Waals surface area contributed by atoms with Crippen molar-refractivity contribution in [1.29, 1.82) is 0 Å². The van der Waals surface area contributed by atoms with Crippen LogP contribution in [0.2, 0.25) is 0 Å². The first-order chi connectivity index (χ1) is 18.5. The maximum Gasteiger partial charge on any atom is 0.267 e. The third-order valence-electron chi connectivity index (χ3n) is 7.19. The lowest BCUT2D eigenvalue weighted by atomic mass is 10.0. The highest BCUT2D eigenvalue weighted by Gasteiger charge is 2.28. The predicted molar refractivity (Wildman–Crippen MR) is 150 cm³/mol. The molecule has 194 valence electrons. The van der Waals surface area contributed by atoms with Crippen molar-refractivity contribution in [3.8, 4) is 0 Å². The highest BCUT2D eigenvalue weighted by Crippen LogP contribution is 2.37. The number of aromatic amines is 1. The van der Waals surface area contributed by atoms with E-state index in [1.54, 1.807) is 11.6 Å². The molecule has 1 heterocycles. The molecule has 0 spiro atoms. The van der Waals surface area contributed by atoms with Gasteiger partial charge in [0.15, 0.2) is 0 Å². The van der Waals surface area contributed by atoms with Crippen LogP contribution in [-0.4, -0.2) is 33.5 Å². The van der Waals surface area contributed by atoms with Crippen LogP contribution in [0.3, 0.4) is 0 Å². The Kier molecular flexibility index (Phi) is 7.67. The number of fused-ring (bicyclic) bond motifs is 2. The molecule has 5 rings (SSSR count). The molecule has 7 nitrogen and oxygen atoms in total. The number of nitrogens with one attached hydrogen (secondary N) is 3. The number of aryl methyl sites for hydroxylation is 1. The van der Waals surface area contributed by atoms with Crippen LogP contribution >= 0.6 is 0 Å². The molecule has 1 aliphatic carbocycles. The van der Waals surface area contributed by atoms with Gasteiger partial charge in [-0.15, -0.1) is 0 Å². The van der Waals surface area contributed by atoms with Gasteiger partial charge in [-0.25, -0.2) is 5.48 Å². The fourth-order valence-corrected chi connectivity index (χ4v) is 5.39. The number of anilines is 1. The second-order valence-corrected chi connectivity index (χ2v) is 9.78. The minimum atomic E-state index is -0.545. The third-order valence-corrected chi connectivity index (χ3v) is 7.19. The number of aromatic nitrogens is 1. The summed E-state index contributed by atoms with van der Waals surface area (Å²) < 4.78 is 0. The molecule has 0 saturated carbocycles. The number of hydrogen-bond acceptors (Lipinski definition) is 4. The van der Waals surface area contributed by atoms with Crippen LogP contribution in [0.5, 0.6) is 0 Å². The molecule has 0 unspecified atom stereocenters. The molecule has 38 heavy (non-hydrogen) atoms. The number of carbonyl (C=O) groups is 2. The van der Waals surface area contributed by atoms with E-state index in [1.807, 2.05) is 18.2 Å². The maximum atomic E-state index is 11.4. The lowest BCUT2D eigenvalue weighted by Crippen LogP contribution is -2.29. The van der Waals surface area contributed by atoms with Crippen molar-refractivity contribution in [2.45, 2.75) is 38.8 Å². The monoisotopic (exact) mass is 508 g/mol. The molecule has 4 aromatic rings. The molecule has 0 bridgehead atoms. The number of hydrogen-bond donors (Lipinski definition) is 4. The summed E-state index contributed by atoms with van der Waals surface area (Å²) in [4.78, 5) is 28.7. The Bertz CT molecular complexity index is 1470. The molecule has 2 amide bonds. The first-order valence-electron chi connectivity index (χ1n) is 12.9. The number of nitrogens with zero attached hydrogens (tertiary/aromatic N) is 1. The Balaban J connectivity index is 1.38. The van der Waals surface area contributed by atoms with Gasteiger partial charge in [0.2, 0.25) is 5.91 Å². The Morgan fingerprint density at radius 2 is 1.92 bits per heavy atom. The number of carbonyl (C=O) groups excluding carboxylic acids is 2. The van der Waals surface area contributed by atoms with Crippen LogP contribution < -0.4 is 10.8 Å². The summed E-state index contributed by atoms with van der Waals surface area (Å²) in [5.41, 5.74) is 9.64. The molecule has 0 radical (unpaired) electrons. The number of rotatable bonds is 9. The smallest absolute Gasteiger partial charge is 0.267 e. The van der Waals surface area contributed by atoms with Gasteiger partial charge >= 0.3 is 0 Å². The number of H-pyrrole nitrogens is 1. The molecular formula is C31H32N4O3.